The van der Waals surface area contributed by atoms with Crippen molar-refractivity contribution in [1.29, 1.82) is 0 Å². The molecule has 5 heteroatoms. The molecule has 2 atom stereocenters. The summed E-state index contributed by atoms with van der Waals surface area (Å²) in [6.45, 7) is 0.933. The second-order valence-corrected chi connectivity index (χ2v) is 8.95. The van der Waals surface area contributed by atoms with Crippen LogP contribution in [0.1, 0.15) is 44.2 Å². The second kappa shape index (κ2) is 7.58. The minimum absolute atomic E-state index is 0.266. The van der Waals surface area contributed by atoms with Crippen molar-refractivity contribution in [2.75, 3.05) is 6.54 Å². The molecule has 2 fully saturated rings. The smallest absolute Gasteiger partial charge is 0.228 e. The van der Waals surface area contributed by atoms with Crippen molar-refractivity contribution >= 4 is 33.2 Å². The minimum Gasteiger partial charge on any atom is -0.339 e. The number of thiazole rings is 1. The van der Waals surface area contributed by atoms with Gasteiger partial charge in [-0.3, -0.25) is 4.79 Å². The SMILES string of the molecule is O=C(Cc1csc(-c2cccc(Br)c2)n1)N1CCCC2CCCCC21. The van der Waals surface area contributed by atoms with Gasteiger partial charge in [0.05, 0.1) is 12.1 Å². The first kappa shape index (κ1) is 17.2. The third kappa shape index (κ3) is 3.82. The Morgan fingerprint density at radius 2 is 2.08 bits per heavy atom. The van der Waals surface area contributed by atoms with Gasteiger partial charge in [0.25, 0.3) is 0 Å². The zero-order chi connectivity index (χ0) is 17.2. The maximum absolute atomic E-state index is 12.9. The largest absolute Gasteiger partial charge is 0.339 e. The number of carbonyl (C=O) groups excluding carboxylic acids is 1. The van der Waals surface area contributed by atoms with E-state index in [1.165, 1.54) is 32.1 Å². The van der Waals surface area contributed by atoms with Crippen molar-refractivity contribution in [3.63, 3.8) is 0 Å². The summed E-state index contributed by atoms with van der Waals surface area (Å²) >= 11 is 5.13. The average Bonchev–Trinajstić information content (AvgIpc) is 3.10. The zero-order valence-electron chi connectivity index (χ0n) is 14.3. The Kier molecular flexibility index (Phi) is 5.23. The Balaban J connectivity index is 1.46. The predicted octanol–water partition coefficient (Wildman–Crippen LogP) is 5.30. The van der Waals surface area contributed by atoms with E-state index in [0.29, 0.717) is 12.5 Å². The van der Waals surface area contributed by atoms with Gasteiger partial charge in [-0.2, -0.15) is 0 Å². The van der Waals surface area contributed by atoms with Crippen molar-refractivity contribution in [3.05, 3.63) is 39.8 Å². The number of hydrogen-bond acceptors (Lipinski definition) is 3. The summed E-state index contributed by atoms with van der Waals surface area (Å²) in [7, 11) is 0. The van der Waals surface area contributed by atoms with Crippen LogP contribution in [0.5, 0.6) is 0 Å². The highest BCUT2D eigenvalue weighted by atomic mass is 79.9. The van der Waals surface area contributed by atoms with Crippen LogP contribution in [0, 0.1) is 5.92 Å². The minimum atomic E-state index is 0.266. The van der Waals surface area contributed by atoms with Crippen molar-refractivity contribution in [2.45, 2.75) is 51.0 Å². The lowest BCUT2D eigenvalue weighted by molar-refractivity contribution is -0.136. The lowest BCUT2D eigenvalue weighted by Gasteiger charge is -2.44. The molecule has 1 aliphatic heterocycles. The number of halogens is 1. The topological polar surface area (TPSA) is 33.2 Å². The van der Waals surface area contributed by atoms with E-state index in [1.54, 1.807) is 11.3 Å². The summed E-state index contributed by atoms with van der Waals surface area (Å²) in [6.07, 6.45) is 8.01. The van der Waals surface area contributed by atoms with E-state index in [-0.39, 0.29) is 5.91 Å². The summed E-state index contributed by atoms with van der Waals surface area (Å²) in [4.78, 5) is 19.8. The van der Waals surface area contributed by atoms with Gasteiger partial charge in [0, 0.05) is 28.0 Å². The molecular formula is C20H23BrN2OS. The third-order valence-corrected chi connectivity index (χ3v) is 6.95. The number of rotatable bonds is 3. The van der Waals surface area contributed by atoms with Gasteiger partial charge < -0.3 is 4.90 Å². The van der Waals surface area contributed by atoms with Crippen LogP contribution in [0.4, 0.5) is 0 Å². The predicted molar refractivity (Wildman–Crippen MR) is 106 cm³/mol. The van der Waals surface area contributed by atoms with E-state index >= 15 is 0 Å². The number of nitrogens with zero attached hydrogens (tertiary/aromatic N) is 2. The first-order chi connectivity index (χ1) is 12.2. The fraction of sp³-hybridized carbons (Fsp3) is 0.500. The van der Waals surface area contributed by atoms with Gasteiger partial charge in [-0.05, 0) is 43.7 Å². The Morgan fingerprint density at radius 3 is 2.96 bits per heavy atom. The molecule has 3 nitrogen and oxygen atoms in total. The molecule has 1 saturated carbocycles. The average molecular weight is 419 g/mol. The molecule has 0 radical (unpaired) electrons. The van der Waals surface area contributed by atoms with Crippen LogP contribution >= 0.6 is 27.3 Å². The molecule has 2 aromatic rings. The number of carbonyl (C=O) groups is 1. The van der Waals surface area contributed by atoms with Crippen LogP contribution in [0.3, 0.4) is 0 Å². The van der Waals surface area contributed by atoms with Gasteiger partial charge in [0.15, 0.2) is 0 Å². The summed E-state index contributed by atoms with van der Waals surface area (Å²) in [5.74, 6) is 1.00. The van der Waals surface area contributed by atoms with Crippen molar-refractivity contribution < 1.29 is 4.79 Å². The van der Waals surface area contributed by atoms with Gasteiger partial charge in [-0.1, -0.05) is 40.9 Å². The fourth-order valence-electron chi connectivity index (χ4n) is 4.33. The van der Waals surface area contributed by atoms with Crippen molar-refractivity contribution in [3.8, 4) is 10.6 Å². The van der Waals surface area contributed by atoms with E-state index in [4.69, 9.17) is 4.98 Å². The first-order valence-electron chi connectivity index (χ1n) is 9.20. The van der Waals surface area contributed by atoms with Crippen LogP contribution in [0.15, 0.2) is 34.1 Å². The molecule has 1 amide bonds. The Bertz CT molecular complexity index is 758. The van der Waals surface area contributed by atoms with Gasteiger partial charge in [0.1, 0.15) is 5.01 Å². The number of hydrogen-bond donors (Lipinski definition) is 0. The Morgan fingerprint density at radius 1 is 1.24 bits per heavy atom. The number of amides is 1. The van der Waals surface area contributed by atoms with Gasteiger partial charge >= 0.3 is 0 Å². The molecule has 2 heterocycles. The number of benzene rings is 1. The molecule has 4 rings (SSSR count). The molecule has 2 aliphatic rings. The molecule has 25 heavy (non-hydrogen) atoms. The molecule has 0 spiro atoms. The Labute approximate surface area is 161 Å². The molecular weight excluding hydrogens is 396 g/mol. The number of fused-ring (bicyclic) bond motifs is 1. The van der Waals surface area contributed by atoms with Crippen LogP contribution in [-0.4, -0.2) is 28.4 Å². The molecule has 0 N–H and O–H groups in total. The highest BCUT2D eigenvalue weighted by Gasteiger charge is 2.35. The molecule has 2 unspecified atom stereocenters. The zero-order valence-corrected chi connectivity index (χ0v) is 16.7. The number of aromatic nitrogens is 1. The van der Waals surface area contributed by atoms with E-state index in [2.05, 4.69) is 33.0 Å². The van der Waals surface area contributed by atoms with Gasteiger partial charge in [-0.15, -0.1) is 11.3 Å². The van der Waals surface area contributed by atoms with E-state index < -0.39 is 0 Å². The molecule has 132 valence electrons. The number of piperidine rings is 1. The summed E-state index contributed by atoms with van der Waals surface area (Å²) in [5.41, 5.74) is 2.01. The highest BCUT2D eigenvalue weighted by Crippen LogP contribution is 2.35. The molecule has 1 aliphatic carbocycles. The van der Waals surface area contributed by atoms with Crippen LogP contribution in [0.2, 0.25) is 0 Å². The van der Waals surface area contributed by atoms with Gasteiger partial charge in [-0.25, -0.2) is 4.98 Å². The highest BCUT2D eigenvalue weighted by molar-refractivity contribution is 9.10. The van der Waals surface area contributed by atoms with Crippen molar-refractivity contribution in [2.24, 2.45) is 5.92 Å². The van der Waals surface area contributed by atoms with Crippen LogP contribution < -0.4 is 0 Å². The molecule has 1 aromatic carbocycles. The van der Waals surface area contributed by atoms with Crippen molar-refractivity contribution in [1.82, 2.24) is 9.88 Å². The monoisotopic (exact) mass is 418 g/mol. The Hall–Kier alpha value is -1.20. The third-order valence-electron chi connectivity index (χ3n) is 5.52. The fourth-order valence-corrected chi connectivity index (χ4v) is 5.55. The quantitative estimate of drug-likeness (QED) is 0.677. The maximum atomic E-state index is 12.9. The lowest BCUT2D eigenvalue weighted by Crippen LogP contribution is -2.50. The van der Waals surface area contributed by atoms with E-state index in [9.17, 15) is 4.79 Å². The normalized spacial score (nSPS) is 23.3. The standard InChI is InChI=1S/C20H23BrN2OS/c21-16-8-3-6-15(11-16)20-22-17(13-25-20)12-19(24)23-10-4-7-14-5-1-2-9-18(14)23/h3,6,8,11,13-14,18H,1-2,4-5,7,9-10,12H2. The first-order valence-corrected chi connectivity index (χ1v) is 10.9. The van der Waals surface area contributed by atoms with Crippen LogP contribution in [0.25, 0.3) is 10.6 Å². The number of likely N-dealkylation sites (tertiary alicyclic amines) is 1. The van der Waals surface area contributed by atoms with E-state index in [0.717, 1.165) is 39.6 Å². The maximum Gasteiger partial charge on any atom is 0.228 e. The lowest BCUT2D eigenvalue weighted by atomic mass is 9.78. The summed E-state index contributed by atoms with van der Waals surface area (Å²) in [5, 5.41) is 3.02. The molecule has 1 saturated heterocycles. The second-order valence-electron chi connectivity index (χ2n) is 7.17. The van der Waals surface area contributed by atoms with Crippen LogP contribution in [-0.2, 0) is 11.2 Å². The molecule has 1 aromatic heterocycles. The van der Waals surface area contributed by atoms with Gasteiger partial charge in [0.2, 0.25) is 5.91 Å². The van der Waals surface area contributed by atoms with E-state index in [1.807, 2.05) is 17.5 Å². The summed E-state index contributed by atoms with van der Waals surface area (Å²) in [6, 6.07) is 8.65. The summed E-state index contributed by atoms with van der Waals surface area (Å²) < 4.78 is 1.05. The molecule has 0 bridgehead atoms.